The normalized spacial score (nSPS) is 13.9. The first-order valence-electron chi connectivity index (χ1n) is 6.01. The van der Waals surface area contributed by atoms with Gasteiger partial charge in [-0.25, -0.2) is 0 Å². The minimum Gasteiger partial charge on any atom is -0.298 e. The van der Waals surface area contributed by atoms with Gasteiger partial charge in [-0.1, -0.05) is 6.07 Å². The molecule has 2 aromatic heterocycles. The Morgan fingerprint density at radius 3 is 3.11 bits per heavy atom. The van der Waals surface area contributed by atoms with Crippen molar-refractivity contribution in [1.29, 1.82) is 0 Å². The maximum atomic E-state index is 10.8. The molecule has 0 bridgehead atoms. The molecule has 2 heterocycles. The summed E-state index contributed by atoms with van der Waals surface area (Å²) in [4.78, 5) is 17.5. The summed E-state index contributed by atoms with van der Waals surface area (Å²) in [6.07, 6.45) is 9.50. The van der Waals surface area contributed by atoms with Gasteiger partial charge in [0.05, 0.1) is 0 Å². The maximum Gasteiger partial charge on any atom is 0.146 e. The number of pyridine rings is 1. The highest BCUT2D eigenvalue weighted by molar-refractivity contribution is 7.13. The quantitative estimate of drug-likeness (QED) is 0.788. The van der Waals surface area contributed by atoms with E-state index in [1.165, 1.54) is 20.9 Å². The number of fused-ring (bicyclic) bond motifs is 1. The van der Waals surface area contributed by atoms with Crippen molar-refractivity contribution in [2.24, 2.45) is 0 Å². The van der Waals surface area contributed by atoms with Gasteiger partial charge in [0.1, 0.15) is 6.29 Å². The van der Waals surface area contributed by atoms with E-state index in [4.69, 9.17) is 0 Å². The van der Waals surface area contributed by atoms with Gasteiger partial charge in [-0.05, 0) is 47.8 Å². The van der Waals surface area contributed by atoms with Gasteiger partial charge in [-0.3, -0.25) is 9.78 Å². The molecule has 0 saturated heterocycles. The largest absolute Gasteiger partial charge is 0.298 e. The number of aryl methyl sites for hydroxylation is 1. The van der Waals surface area contributed by atoms with Crippen LogP contribution in [0, 0.1) is 0 Å². The molecule has 0 N–H and O–H groups in total. The van der Waals surface area contributed by atoms with Gasteiger partial charge in [0.25, 0.3) is 0 Å². The van der Waals surface area contributed by atoms with Crippen LogP contribution in [0.4, 0.5) is 0 Å². The Bertz CT molecular complexity index is 598. The molecule has 1 aliphatic carbocycles. The number of thiophene rings is 1. The molecule has 0 amide bonds. The van der Waals surface area contributed by atoms with E-state index < -0.39 is 0 Å². The van der Waals surface area contributed by atoms with Gasteiger partial charge in [-0.15, -0.1) is 11.3 Å². The number of hydrogen-bond acceptors (Lipinski definition) is 3. The van der Waals surface area contributed by atoms with Gasteiger partial charge < -0.3 is 0 Å². The smallest absolute Gasteiger partial charge is 0.146 e. The predicted octanol–water partition coefficient (Wildman–Crippen LogP) is 3.26. The van der Waals surface area contributed by atoms with Crippen molar-refractivity contribution >= 4 is 23.7 Å². The molecule has 1 aliphatic rings. The fraction of sp³-hybridized carbons (Fsp3) is 0.200. The molecule has 0 atom stereocenters. The van der Waals surface area contributed by atoms with Crippen molar-refractivity contribution in [3.05, 3.63) is 57.0 Å². The third-order valence-corrected chi connectivity index (χ3v) is 4.27. The number of carbonyl (C=O) groups excluding carboxylic acids is 1. The van der Waals surface area contributed by atoms with E-state index in [1.54, 1.807) is 17.5 Å². The molecule has 0 aliphatic heterocycles. The van der Waals surface area contributed by atoms with E-state index in [-0.39, 0.29) is 0 Å². The molecule has 0 unspecified atom stereocenters. The van der Waals surface area contributed by atoms with Crippen molar-refractivity contribution in [3.63, 3.8) is 0 Å². The van der Waals surface area contributed by atoms with Crippen molar-refractivity contribution in [3.8, 4) is 0 Å². The minimum absolute atomic E-state index is 0.875. The Labute approximate surface area is 110 Å². The standard InChI is InChI=1S/C15H13NOS/c17-10-12-3-4-13-8-14(18-15(13)7-12)6-11-2-1-5-16-9-11/h1-2,5,7-10H,3-4,6H2. The lowest BCUT2D eigenvalue weighted by atomic mass is 9.99. The topological polar surface area (TPSA) is 30.0 Å². The zero-order valence-electron chi connectivity index (χ0n) is 9.93. The predicted molar refractivity (Wildman–Crippen MR) is 73.7 cm³/mol. The number of rotatable bonds is 3. The van der Waals surface area contributed by atoms with Crippen LogP contribution >= 0.6 is 11.3 Å². The molecule has 2 aromatic rings. The lowest BCUT2D eigenvalue weighted by Gasteiger charge is -2.06. The average molecular weight is 255 g/mol. The molecule has 3 rings (SSSR count). The van der Waals surface area contributed by atoms with Crippen LogP contribution in [0.15, 0.2) is 36.2 Å². The minimum atomic E-state index is 0.875. The summed E-state index contributed by atoms with van der Waals surface area (Å²) in [6.45, 7) is 0. The summed E-state index contributed by atoms with van der Waals surface area (Å²) >= 11 is 1.79. The highest BCUT2D eigenvalue weighted by atomic mass is 32.1. The molecule has 0 fully saturated rings. The molecule has 0 spiro atoms. The molecule has 3 heteroatoms. The first-order chi connectivity index (χ1) is 8.85. The summed E-state index contributed by atoms with van der Waals surface area (Å²) in [6, 6.07) is 6.33. The Hall–Kier alpha value is -1.74. The Morgan fingerprint density at radius 2 is 2.33 bits per heavy atom. The van der Waals surface area contributed by atoms with Crippen molar-refractivity contribution in [2.75, 3.05) is 0 Å². The van der Waals surface area contributed by atoms with Gasteiger partial charge in [0.15, 0.2) is 0 Å². The maximum absolute atomic E-state index is 10.8. The van der Waals surface area contributed by atoms with Crippen LogP contribution < -0.4 is 0 Å². The van der Waals surface area contributed by atoms with E-state index in [1.807, 2.05) is 18.3 Å². The van der Waals surface area contributed by atoms with E-state index >= 15 is 0 Å². The number of aromatic nitrogens is 1. The van der Waals surface area contributed by atoms with Crippen LogP contribution in [-0.4, -0.2) is 11.3 Å². The van der Waals surface area contributed by atoms with E-state index in [0.717, 1.165) is 31.1 Å². The van der Waals surface area contributed by atoms with Gasteiger partial charge in [-0.2, -0.15) is 0 Å². The van der Waals surface area contributed by atoms with Gasteiger partial charge in [0, 0.05) is 28.6 Å². The molecule has 18 heavy (non-hydrogen) atoms. The van der Waals surface area contributed by atoms with Crippen LogP contribution in [0.25, 0.3) is 6.08 Å². The Morgan fingerprint density at radius 1 is 1.39 bits per heavy atom. The summed E-state index contributed by atoms with van der Waals surface area (Å²) in [5.41, 5.74) is 3.53. The number of aldehydes is 1. The summed E-state index contributed by atoms with van der Waals surface area (Å²) in [5, 5.41) is 0. The third kappa shape index (κ3) is 2.27. The molecule has 90 valence electrons. The van der Waals surface area contributed by atoms with Gasteiger partial charge in [0.2, 0.25) is 0 Å². The average Bonchev–Trinajstić information content (AvgIpc) is 2.80. The van der Waals surface area contributed by atoms with Crippen molar-refractivity contribution in [2.45, 2.75) is 19.3 Å². The highest BCUT2D eigenvalue weighted by Crippen LogP contribution is 2.31. The number of allylic oxidation sites excluding steroid dienone is 1. The molecule has 0 saturated carbocycles. The third-order valence-electron chi connectivity index (χ3n) is 3.14. The van der Waals surface area contributed by atoms with Crippen LogP contribution in [0.2, 0.25) is 0 Å². The van der Waals surface area contributed by atoms with Crippen LogP contribution in [0.3, 0.4) is 0 Å². The lowest BCUT2D eigenvalue weighted by Crippen LogP contribution is -1.96. The zero-order chi connectivity index (χ0) is 12.4. The van der Waals surface area contributed by atoms with Crippen LogP contribution in [0.1, 0.15) is 27.3 Å². The van der Waals surface area contributed by atoms with E-state index in [2.05, 4.69) is 17.1 Å². The van der Waals surface area contributed by atoms with Crippen LogP contribution in [-0.2, 0) is 17.6 Å². The molecule has 0 radical (unpaired) electrons. The van der Waals surface area contributed by atoms with Crippen LogP contribution in [0.5, 0.6) is 0 Å². The molecular formula is C15H13NOS. The van der Waals surface area contributed by atoms with E-state index in [0.29, 0.717) is 0 Å². The Kier molecular flexibility index (Phi) is 3.07. The highest BCUT2D eigenvalue weighted by Gasteiger charge is 2.13. The lowest BCUT2D eigenvalue weighted by molar-refractivity contribution is -0.105. The zero-order valence-corrected chi connectivity index (χ0v) is 10.7. The fourth-order valence-electron chi connectivity index (χ4n) is 2.22. The summed E-state index contributed by atoms with van der Waals surface area (Å²) < 4.78 is 0. The summed E-state index contributed by atoms with van der Waals surface area (Å²) in [7, 11) is 0. The number of nitrogens with zero attached hydrogens (tertiary/aromatic N) is 1. The molecular weight excluding hydrogens is 242 g/mol. The second-order valence-corrected chi connectivity index (χ2v) is 5.65. The Balaban J connectivity index is 1.86. The first kappa shape index (κ1) is 11.4. The summed E-state index contributed by atoms with van der Waals surface area (Å²) in [5.74, 6) is 0. The molecule has 2 nitrogen and oxygen atoms in total. The second kappa shape index (κ2) is 4.86. The first-order valence-corrected chi connectivity index (χ1v) is 6.83. The fourth-order valence-corrected chi connectivity index (χ4v) is 3.45. The number of carbonyl (C=O) groups is 1. The van der Waals surface area contributed by atoms with E-state index in [9.17, 15) is 4.79 Å². The van der Waals surface area contributed by atoms with Crippen molar-refractivity contribution < 1.29 is 4.79 Å². The monoisotopic (exact) mass is 255 g/mol. The number of hydrogen-bond donors (Lipinski definition) is 0. The molecule has 0 aromatic carbocycles. The van der Waals surface area contributed by atoms with Crippen molar-refractivity contribution in [1.82, 2.24) is 4.98 Å². The SMILES string of the molecule is O=CC1=Cc2sc(Cc3cccnc3)cc2CC1. The van der Waals surface area contributed by atoms with Gasteiger partial charge >= 0.3 is 0 Å². The second-order valence-electron chi connectivity index (χ2n) is 4.48.